The Labute approximate surface area is 191 Å². The molecule has 4 rings (SSSR count). The van der Waals surface area contributed by atoms with E-state index in [1.807, 2.05) is 30.1 Å². The van der Waals surface area contributed by atoms with Crippen LogP contribution in [-0.2, 0) is 13.2 Å². The standard InChI is InChI=1S/C23H17F4N5O2/c1-32-9-8-14(12-32)19-11-21(29-13-28-19)34-17-6-7-18(24)20(10-17)31-22(33)30-16-4-2-15(3-5-16)23(25,26)27/h2-13H,1H3,(H2,30,31,33). The molecule has 0 radical (unpaired) electrons. The largest absolute Gasteiger partial charge is 0.439 e. The van der Waals surface area contributed by atoms with Gasteiger partial charge in [0.05, 0.1) is 16.9 Å². The zero-order valence-corrected chi connectivity index (χ0v) is 17.6. The zero-order chi connectivity index (χ0) is 24.3. The van der Waals surface area contributed by atoms with Crippen molar-refractivity contribution < 1.29 is 27.1 Å². The Morgan fingerprint density at radius 1 is 1.00 bits per heavy atom. The Kier molecular flexibility index (Phi) is 6.17. The van der Waals surface area contributed by atoms with Crippen LogP contribution in [0.5, 0.6) is 11.6 Å². The molecular formula is C23H17F4N5O2. The van der Waals surface area contributed by atoms with E-state index >= 15 is 0 Å². The number of aromatic nitrogens is 3. The number of carbonyl (C=O) groups excluding carboxylic acids is 1. The predicted octanol–water partition coefficient (Wildman–Crippen LogP) is 6.08. The van der Waals surface area contributed by atoms with Gasteiger partial charge in [-0.3, -0.25) is 0 Å². The Hall–Kier alpha value is -4.41. The molecular weight excluding hydrogens is 454 g/mol. The average Bonchev–Trinajstić information content (AvgIpc) is 3.22. The molecule has 0 atom stereocenters. The molecule has 0 fully saturated rings. The van der Waals surface area contributed by atoms with Crippen LogP contribution < -0.4 is 15.4 Å². The number of rotatable bonds is 5. The van der Waals surface area contributed by atoms with Crippen molar-refractivity contribution in [3.8, 4) is 22.9 Å². The summed E-state index contributed by atoms with van der Waals surface area (Å²) < 4.78 is 59.7. The maximum absolute atomic E-state index is 14.2. The molecule has 0 aliphatic carbocycles. The monoisotopic (exact) mass is 471 g/mol. The first-order chi connectivity index (χ1) is 16.2. The van der Waals surface area contributed by atoms with Gasteiger partial charge in [-0.25, -0.2) is 19.2 Å². The number of ether oxygens (including phenoxy) is 1. The van der Waals surface area contributed by atoms with E-state index < -0.39 is 23.6 Å². The van der Waals surface area contributed by atoms with Gasteiger partial charge in [0.25, 0.3) is 0 Å². The van der Waals surface area contributed by atoms with Crippen LogP contribution in [-0.4, -0.2) is 20.6 Å². The van der Waals surface area contributed by atoms with Crippen LogP contribution in [0.25, 0.3) is 11.3 Å². The minimum Gasteiger partial charge on any atom is -0.439 e. The number of halogens is 4. The molecule has 2 N–H and O–H groups in total. The molecule has 2 heterocycles. The van der Waals surface area contributed by atoms with Gasteiger partial charge in [0.2, 0.25) is 5.88 Å². The normalized spacial score (nSPS) is 11.2. The molecule has 2 aromatic heterocycles. The summed E-state index contributed by atoms with van der Waals surface area (Å²) in [7, 11) is 1.88. The molecule has 0 spiro atoms. The molecule has 2 aromatic carbocycles. The second-order valence-corrected chi connectivity index (χ2v) is 7.21. The van der Waals surface area contributed by atoms with E-state index in [0.29, 0.717) is 5.69 Å². The van der Waals surface area contributed by atoms with Crippen LogP contribution in [0, 0.1) is 5.82 Å². The molecule has 0 saturated heterocycles. The highest BCUT2D eigenvalue weighted by Crippen LogP contribution is 2.30. The topological polar surface area (TPSA) is 81.1 Å². The summed E-state index contributed by atoms with van der Waals surface area (Å²) >= 11 is 0. The molecule has 0 aliphatic rings. The van der Waals surface area contributed by atoms with E-state index in [4.69, 9.17) is 4.74 Å². The molecule has 0 unspecified atom stereocenters. The number of anilines is 2. The molecule has 0 saturated carbocycles. The summed E-state index contributed by atoms with van der Waals surface area (Å²) in [6.45, 7) is 0. The number of hydrogen-bond donors (Lipinski definition) is 2. The van der Waals surface area contributed by atoms with Crippen LogP contribution in [0.2, 0.25) is 0 Å². The Bertz CT molecular complexity index is 1320. The van der Waals surface area contributed by atoms with Gasteiger partial charge in [-0.05, 0) is 42.5 Å². The van der Waals surface area contributed by atoms with Gasteiger partial charge in [-0.1, -0.05) is 0 Å². The van der Waals surface area contributed by atoms with E-state index in [2.05, 4.69) is 20.6 Å². The van der Waals surface area contributed by atoms with Gasteiger partial charge >= 0.3 is 12.2 Å². The van der Waals surface area contributed by atoms with Crippen molar-refractivity contribution in [2.45, 2.75) is 6.18 Å². The van der Waals surface area contributed by atoms with Crippen molar-refractivity contribution in [1.82, 2.24) is 14.5 Å². The number of amides is 2. The molecule has 7 nitrogen and oxygen atoms in total. The third-order valence-electron chi connectivity index (χ3n) is 4.65. The highest BCUT2D eigenvalue weighted by Gasteiger charge is 2.30. The Balaban J connectivity index is 1.44. The molecule has 4 aromatic rings. The maximum atomic E-state index is 14.2. The number of carbonyl (C=O) groups is 1. The summed E-state index contributed by atoms with van der Waals surface area (Å²) in [6.07, 6.45) is 0.584. The van der Waals surface area contributed by atoms with Gasteiger partial charge in [0.15, 0.2) is 0 Å². The third-order valence-corrected chi connectivity index (χ3v) is 4.65. The second-order valence-electron chi connectivity index (χ2n) is 7.21. The average molecular weight is 471 g/mol. The number of aryl methyl sites for hydroxylation is 1. The molecule has 34 heavy (non-hydrogen) atoms. The van der Waals surface area contributed by atoms with E-state index in [0.717, 1.165) is 35.9 Å². The van der Waals surface area contributed by atoms with Gasteiger partial charge in [-0.15, -0.1) is 0 Å². The first-order valence-corrected chi connectivity index (χ1v) is 9.84. The van der Waals surface area contributed by atoms with Crippen molar-refractivity contribution >= 4 is 17.4 Å². The van der Waals surface area contributed by atoms with Crippen molar-refractivity contribution in [1.29, 1.82) is 0 Å². The van der Waals surface area contributed by atoms with Crippen LogP contribution in [0.15, 0.2) is 73.3 Å². The van der Waals surface area contributed by atoms with Gasteiger partial charge in [0, 0.05) is 42.8 Å². The lowest BCUT2D eigenvalue weighted by molar-refractivity contribution is -0.137. The highest BCUT2D eigenvalue weighted by molar-refractivity contribution is 5.99. The lowest BCUT2D eigenvalue weighted by Crippen LogP contribution is -2.20. The van der Waals surface area contributed by atoms with Crippen LogP contribution in [0.4, 0.5) is 33.7 Å². The van der Waals surface area contributed by atoms with Gasteiger partial charge in [0.1, 0.15) is 17.9 Å². The van der Waals surface area contributed by atoms with Crippen LogP contribution >= 0.6 is 0 Å². The van der Waals surface area contributed by atoms with Crippen molar-refractivity contribution in [2.24, 2.45) is 7.05 Å². The Morgan fingerprint density at radius 2 is 1.76 bits per heavy atom. The smallest absolute Gasteiger partial charge is 0.416 e. The third kappa shape index (κ3) is 5.49. The minimum absolute atomic E-state index is 0.104. The van der Waals surface area contributed by atoms with Crippen molar-refractivity contribution in [3.05, 3.63) is 84.7 Å². The number of alkyl halides is 3. The number of urea groups is 1. The molecule has 11 heteroatoms. The number of nitrogens with one attached hydrogen (secondary N) is 2. The summed E-state index contributed by atoms with van der Waals surface area (Å²) in [6, 6.07) is 10.2. The fraction of sp³-hybridized carbons (Fsp3) is 0.0870. The quantitative estimate of drug-likeness (QED) is 0.346. The van der Waals surface area contributed by atoms with Crippen LogP contribution in [0.1, 0.15) is 5.56 Å². The van der Waals surface area contributed by atoms with Crippen LogP contribution in [0.3, 0.4) is 0 Å². The fourth-order valence-corrected chi connectivity index (χ4v) is 3.02. The highest BCUT2D eigenvalue weighted by atomic mass is 19.4. The van der Waals surface area contributed by atoms with E-state index in [-0.39, 0.29) is 23.0 Å². The number of nitrogens with zero attached hydrogens (tertiary/aromatic N) is 3. The predicted molar refractivity (Wildman–Crippen MR) is 117 cm³/mol. The van der Waals surface area contributed by atoms with Crippen molar-refractivity contribution in [2.75, 3.05) is 10.6 Å². The molecule has 174 valence electrons. The van der Waals surface area contributed by atoms with E-state index in [1.165, 1.54) is 18.5 Å². The van der Waals surface area contributed by atoms with Gasteiger partial charge < -0.3 is 19.9 Å². The summed E-state index contributed by atoms with van der Waals surface area (Å²) in [5.41, 5.74) is 0.541. The minimum atomic E-state index is -4.49. The van der Waals surface area contributed by atoms with Gasteiger partial charge in [-0.2, -0.15) is 13.2 Å². The lowest BCUT2D eigenvalue weighted by Gasteiger charge is -2.12. The molecule has 0 aliphatic heterocycles. The fourth-order valence-electron chi connectivity index (χ4n) is 3.02. The Morgan fingerprint density at radius 3 is 2.44 bits per heavy atom. The molecule has 0 bridgehead atoms. The number of benzene rings is 2. The summed E-state index contributed by atoms with van der Waals surface area (Å²) in [5.74, 6) is -0.327. The first kappa shape index (κ1) is 22.8. The zero-order valence-electron chi connectivity index (χ0n) is 17.6. The SMILES string of the molecule is Cn1ccc(-c2cc(Oc3ccc(F)c(NC(=O)Nc4ccc(C(F)(F)F)cc4)c3)ncn2)c1. The van der Waals surface area contributed by atoms with E-state index in [1.54, 1.807) is 6.07 Å². The van der Waals surface area contributed by atoms with Crippen molar-refractivity contribution in [3.63, 3.8) is 0 Å². The maximum Gasteiger partial charge on any atom is 0.416 e. The number of hydrogen-bond acceptors (Lipinski definition) is 4. The summed E-state index contributed by atoms with van der Waals surface area (Å²) in [4.78, 5) is 20.5. The second kappa shape index (κ2) is 9.22. The van der Waals surface area contributed by atoms with E-state index in [9.17, 15) is 22.4 Å². The lowest BCUT2D eigenvalue weighted by atomic mass is 10.2. The first-order valence-electron chi connectivity index (χ1n) is 9.84. The molecule has 2 amide bonds. The summed E-state index contributed by atoms with van der Waals surface area (Å²) in [5, 5.41) is 4.65.